The lowest BCUT2D eigenvalue weighted by atomic mass is 10.2. The van der Waals surface area contributed by atoms with E-state index in [1.54, 1.807) is 12.1 Å². The summed E-state index contributed by atoms with van der Waals surface area (Å²) in [5, 5.41) is 12.3. The number of hydrogen-bond donors (Lipinski definition) is 2. The van der Waals surface area contributed by atoms with Gasteiger partial charge >= 0.3 is 12.0 Å². The van der Waals surface area contributed by atoms with Crippen molar-refractivity contribution >= 4 is 41.1 Å². The summed E-state index contributed by atoms with van der Waals surface area (Å²) in [7, 11) is 0. The summed E-state index contributed by atoms with van der Waals surface area (Å²) in [6.45, 7) is 2.32. The molecule has 0 radical (unpaired) electrons. The number of nitrogens with zero attached hydrogens (tertiary/aromatic N) is 1. The maximum atomic E-state index is 12.2. The zero-order chi connectivity index (χ0) is 14.7. The van der Waals surface area contributed by atoms with Gasteiger partial charge in [0.15, 0.2) is 0 Å². The summed E-state index contributed by atoms with van der Waals surface area (Å²) in [5.41, 5.74) is 1.48. The molecule has 0 aliphatic carbocycles. The molecule has 1 aliphatic heterocycles. The van der Waals surface area contributed by atoms with E-state index in [4.69, 9.17) is 16.7 Å². The molecule has 108 valence electrons. The molecule has 1 saturated heterocycles. The first kappa shape index (κ1) is 15.0. The summed E-state index contributed by atoms with van der Waals surface area (Å²) in [6.07, 6.45) is 0. The van der Waals surface area contributed by atoms with Gasteiger partial charge in [0.2, 0.25) is 0 Å². The largest absolute Gasteiger partial charge is 0.480 e. The highest BCUT2D eigenvalue weighted by atomic mass is 35.5. The molecule has 2 N–H and O–H groups in total. The van der Waals surface area contributed by atoms with Crippen LogP contribution in [0.1, 0.15) is 5.56 Å². The van der Waals surface area contributed by atoms with Crippen molar-refractivity contribution in [2.45, 2.75) is 13.0 Å². The van der Waals surface area contributed by atoms with Gasteiger partial charge in [-0.05, 0) is 24.6 Å². The number of carbonyl (C=O) groups is 2. The first-order valence-corrected chi connectivity index (χ1v) is 7.66. The van der Waals surface area contributed by atoms with Crippen LogP contribution in [0.5, 0.6) is 0 Å². The van der Waals surface area contributed by atoms with Crippen molar-refractivity contribution in [3.63, 3.8) is 0 Å². The van der Waals surface area contributed by atoms with Crippen molar-refractivity contribution < 1.29 is 14.7 Å². The molecule has 2 amide bonds. The van der Waals surface area contributed by atoms with E-state index in [0.717, 1.165) is 11.3 Å². The van der Waals surface area contributed by atoms with Crippen molar-refractivity contribution in [1.29, 1.82) is 0 Å². The maximum Gasteiger partial charge on any atom is 0.327 e. The first-order valence-electron chi connectivity index (χ1n) is 6.13. The van der Waals surface area contributed by atoms with E-state index in [2.05, 4.69) is 5.32 Å². The molecule has 1 aromatic carbocycles. The van der Waals surface area contributed by atoms with Gasteiger partial charge < -0.3 is 15.3 Å². The Morgan fingerprint density at radius 3 is 2.90 bits per heavy atom. The maximum absolute atomic E-state index is 12.2. The van der Waals surface area contributed by atoms with E-state index in [0.29, 0.717) is 23.0 Å². The molecule has 1 fully saturated rings. The van der Waals surface area contributed by atoms with Crippen molar-refractivity contribution in [3.05, 3.63) is 28.8 Å². The Hall–Kier alpha value is -1.40. The van der Waals surface area contributed by atoms with Gasteiger partial charge in [0, 0.05) is 18.1 Å². The van der Waals surface area contributed by atoms with E-state index in [1.165, 1.54) is 16.7 Å². The monoisotopic (exact) mass is 314 g/mol. The number of urea groups is 1. The van der Waals surface area contributed by atoms with E-state index >= 15 is 0 Å². The van der Waals surface area contributed by atoms with Gasteiger partial charge in [-0.15, -0.1) is 0 Å². The Balaban J connectivity index is 2.12. The number of carboxylic acids is 1. The van der Waals surface area contributed by atoms with Crippen LogP contribution in [0.4, 0.5) is 10.5 Å². The molecule has 2 rings (SSSR count). The average Bonchev–Trinajstić information content (AvgIpc) is 2.41. The zero-order valence-electron chi connectivity index (χ0n) is 10.9. The lowest BCUT2D eigenvalue weighted by molar-refractivity contribution is -0.141. The van der Waals surface area contributed by atoms with Crippen LogP contribution in [0.15, 0.2) is 18.2 Å². The Morgan fingerprint density at radius 2 is 2.25 bits per heavy atom. The summed E-state index contributed by atoms with van der Waals surface area (Å²) in [5.74, 6) is 0.158. The predicted octanol–water partition coefficient (Wildman–Crippen LogP) is 2.68. The fourth-order valence-corrected chi connectivity index (χ4v) is 3.28. The number of rotatable bonds is 2. The predicted molar refractivity (Wildman–Crippen MR) is 80.7 cm³/mol. The minimum absolute atomic E-state index is 0.407. The van der Waals surface area contributed by atoms with Crippen LogP contribution >= 0.6 is 23.4 Å². The van der Waals surface area contributed by atoms with Crippen molar-refractivity contribution in [1.82, 2.24) is 4.90 Å². The third-order valence-electron chi connectivity index (χ3n) is 3.04. The van der Waals surface area contributed by atoms with Crippen molar-refractivity contribution in [3.8, 4) is 0 Å². The highest BCUT2D eigenvalue weighted by molar-refractivity contribution is 7.99. The molecule has 20 heavy (non-hydrogen) atoms. The lowest BCUT2D eigenvalue weighted by Crippen LogP contribution is -2.51. The second-order valence-electron chi connectivity index (χ2n) is 4.54. The van der Waals surface area contributed by atoms with Crippen LogP contribution in [0.3, 0.4) is 0 Å². The molecule has 0 spiro atoms. The Kier molecular flexibility index (Phi) is 4.77. The summed E-state index contributed by atoms with van der Waals surface area (Å²) < 4.78 is 0. The second kappa shape index (κ2) is 6.37. The third-order valence-corrected chi connectivity index (χ3v) is 4.38. The molecule has 1 aliphatic rings. The molecule has 1 heterocycles. The molecule has 1 unspecified atom stereocenters. The molecular formula is C13H15ClN2O3S. The number of carbonyl (C=O) groups excluding carboxylic acids is 1. The van der Waals surface area contributed by atoms with E-state index in [9.17, 15) is 9.59 Å². The molecule has 7 heteroatoms. The molecular weight excluding hydrogens is 300 g/mol. The minimum atomic E-state index is -0.984. The van der Waals surface area contributed by atoms with Crippen LogP contribution < -0.4 is 5.32 Å². The number of amides is 2. The highest BCUT2D eigenvalue weighted by Crippen LogP contribution is 2.24. The fourth-order valence-electron chi connectivity index (χ4n) is 1.96. The smallest absolute Gasteiger partial charge is 0.327 e. The second-order valence-corrected chi connectivity index (χ2v) is 6.09. The molecule has 0 saturated carbocycles. The van der Waals surface area contributed by atoms with Crippen LogP contribution in [0, 0.1) is 6.92 Å². The van der Waals surface area contributed by atoms with Crippen LogP contribution in [0.25, 0.3) is 0 Å². The van der Waals surface area contributed by atoms with Gasteiger partial charge in [-0.1, -0.05) is 17.7 Å². The number of aliphatic carboxylic acids is 1. The van der Waals surface area contributed by atoms with Gasteiger partial charge in [-0.2, -0.15) is 11.8 Å². The average molecular weight is 315 g/mol. The summed E-state index contributed by atoms with van der Waals surface area (Å²) in [4.78, 5) is 24.7. The number of thioether (sulfide) groups is 1. The molecule has 0 bridgehead atoms. The Labute approximate surface area is 126 Å². The number of hydrogen-bond acceptors (Lipinski definition) is 3. The molecule has 0 aromatic heterocycles. The van der Waals surface area contributed by atoms with Crippen LogP contribution in [-0.2, 0) is 4.79 Å². The number of aryl methyl sites for hydroxylation is 1. The Bertz CT molecular complexity index is 538. The van der Waals surface area contributed by atoms with Crippen molar-refractivity contribution in [2.75, 3.05) is 23.4 Å². The van der Waals surface area contributed by atoms with Crippen LogP contribution in [-0.4, -0.2) is 46.1 Å². The number of anilines is 1. The van der Waals surface area contributed by atoms with E-state index in [1.807, 2.05) is 13.0 Å². The molecule has 1 aromatic rings. The molecule has 5 nitrogen and oxygen atoms in total. The van der Waals surface area contributed by atoms with Crippen molar-refractivity contribution in [2.24, 2.45) is 0 Å². The minimum Gasteiger partial charge on any atom is -0.480 e. The number of benzene rings is 1. The van der Waals surface area contributed by atoms with Gasteiger partial charge in [0.1, 0.15) is 6.04 Å². The SMILES string of the molecule is Cc1ccc(NC(=O)N2CCSCC2C(=O)O)c(Cl)c1. The number of carboxylic acid groups (broad SMARTS) is 1. The topological polar surface area (TPSA) is 69.6 Å². The van der Waals surface area contributed by atoms with Gasteiger partial charge in [-0.25, -0.2) is 9.59 Å². The fraction of sp³-hybridized carbons (Fsp3) is 0.385. The van der Waals surface area contributed by atoms with E-state index < -0.39 is 18.0 Å². The van der Waals surface area contributed by atoms with E-state index in [-0.39, 0.29) is 0 Å². The first-order chi connectivity index (χ1) is 9.49. The van der Waals surface area contributed by atoms with Crippen LogP contribution in [0.2, 0.25) is 5.02 Å². The highest BCUT2D eigenvalue weighted by Gasteiger charge is 2.32. The van der Waals surface area contributed by atoms with Gasteiger partial charge in [0.05, 0.1) is 10.7 Å². The normalized spacial score (nSPS) is 18.7. The summed E-state index contributed by atoms with van der Waals surface area (Å²) >= 11 is 7.59. The number of halogens is 1. The standard InChI is InChI=1S/C13H15ClN2O3S/c1-8-2-3-10(9(14)6-8)15-13(19)16-4-5-20-7-11(16)12(17)18/h2-3,6,11H,4-5,7H2,1H3,(H,15,19)(H,17,18). The summed E-state index contributed by atoms with van der Waals surface area (Å²) in [6, 6.07) is 4.07. The third kappa shape index (κ3) is 3.37. The Morgan fingerprint density at radius 1 is 1.50 bits per heavy atom. The van der Waals surface area contributed by atoms with Gasteiger partial charge in [-0.3, -0.25) is 0 Å². The number of nitrogens with one attached hydrogen (secondary N) is 1. The lowest BCUT2D eigenvalue weighted by Gasteiger charge is -2.32. The zero-order valence-corrected chi connectivity index (χ0v) is 12.5. The quantitative estimate of drug-likeness (QED) is 0.880. The molecule has 1 atom stereocenters. The van der Waals surface area contributed by atoms with Gasteiger partial charge in [0.25, 0.3) is 0 Å².